The summed E-state index contributed by atoms with van der Waals surface area (Å²) in [5, 5.41) is 0. The smallest absolute Gasteiger partial charge is 0.142 e. The molecule has 0 spiro atoms. The van der Waals surface area contributed by atoms with Crippen molar-refractivity contribution in [3.05, 3.63) is 42.4 Å². The lowest BCUT2D eigenvalue weighted by Gasteiger charge is -2.44. The number of piperazine rings is 1. The van der Waals surface area contributed by atoms with Gasteiger partial charge < -0.3 is 14.5 Å². The fourth-order valence-electron chi connectivity index (χ4n) is 4.75. The van der Waals surface area contributed by atoms with Crippen molar-refractivity contribution < 1.29 is 4.74 Å². The monoisotopic (exact) mass is 395 g/mol. The molecule has 1 aromatic carbocycles. The standard InChI is InChI=1S/C23H33N5O/c1-3-7-19-16-24-18-25-23(19)28-11-6-8-20(17-28)26-12-14-27(15-13-26)21-9-4-5-10-22(21)29-2/h4-5,9-10,16,18,20H,3,6-8,11-15,17H2,1-2H3/t20-/m0/s1. The van der Waals surface area contributed by atoms with E-state index >= 15 is 0 Å². The van der Waals surface area contributed by atoms with Crippen molar-refractivity contribution in [2.75, 3.05) is 56.2 Å². The minimum atomic E-state index is 0.605. The maximum atomic E-state index is 5.56. The lowest BCUT2D eigenvalue weighted by atomic mass is 10.0. The molecule has 6 nitrogen and oxygen atoms in total. The molecule has 29 heavy (non-hydrogen) atoms. The summed E-state index contributed by atoms with van der Waals surface area (Å²) >= 11 is 0. The molecule has 6 heteroatoms. The summed E-state index contributed by atoms with van der Waals surface area (Å²) in [5.74, 6) is 2.12. The van der Waals surface area contributed by atoms with Crippen molar-refractivity contribution in [3.8, 4) is 5.75 Å². The number of rotatable bonds is 6. The highest BCUT2D eigenvalue weighted by Crippen LogP contribution is 2.30. The number of para-hydroxylation sites is 2. The fraction of sp³-hybridized carbons (Fsp3) is 0.565. The van der Waals surface area contributed by atoms with E-state index in [1.54, 1.807) is 13.4 Å². The molecule has 4 rings (SSSR count). The summed E-state index contributed by atoms with van der Waals surface area (Å²) in [7, 11) is 1.76. The molecule has 2 aliphatic rings. The highest BCUT2D eigenvalue weighted by Gasteiger charge is 2.29. The summed E-state index contributed by atoms with van der Waals surface area (Å²) in [6.45, 7) is 8.69. The van der Waals surface area contributed by atoms with Crippen LogP contribution in [0.5, 0.6) is 5.75 Å². The van der Waals surface area contributed by atoms with Crippen LogP contribution in [-0.4, -0.2) is 67.3 Å². The second kappa shape index (κ2) is 9.44. The van der Waals surface area contributed by atoms with E-state index in [9.17, 15) is 0 Å². The third-order valence-corrected chi connectivity index (χ3v) is 6.24. The molecule has 2 saturated heterocycles. The van der Waals surface area contributed by atoms with Gasteiger partial charge in [-0.2, -0.15) is 0 Å². The van der Waals surface area contributed by atoms with Gasteiger partial charge in [-0.05, 0) is 31.4 Å². The van der Waals surface area contributed by atoms with Gasteiger partial charge in [-0.15, -0.1) is 0 Å². The predicted molar refractivity (Wildman–Crippen MR) is 118 cm³/mol. The zero-order valence-electron chi connectivity index (χ0n) is 17.8. The second-order valence-electron chi connectivity index (χ2n) is 8.06. The topological polar surface area (TPSA) is 44.7 Å². The van der Waals surface area contributed by atoms with E-state index in [0.717, 1.165) is 63.7 Å². The number of hydrogen-bond donors (Lipinski definition) is 0. The maximum absolute atomic E-state index is 5.56. The van der Waals surface area contributed by atoms with Crippen molar-refractivity contribution in [2.24, 2.45) is 0 Å². The Labute approximate surface area is 174 Å². The predicted octanol–water partition coefficient (Wildman–Crippen LogP) is 3.23. The second-order valence-corrected chi connectivity index (χ2v) is 8.06. The van der Waals surface area contributed by atoms with Gasteiger partial charge >= 0.3 is 0 Å². The number of anilines is 2. The quantitative estimate of drug-likeness (QED) is 0.748. The van der Waals surface area contributed by atoms with Crippen LogP contribution in [0.1, 0.15) is 31.7 Å². The summed E-state index contributed by atoms with van der Waals surface area (Å²) < 4.78 is 5.56. The van der Waals surface area contributed by atoms with Gasteiger partial charge in [0.05, 0.1) is 12.8 Å². The molecule has 1 atom stereocenters. The first-order valence-corrected chi connectivity index (χ1v) is 11.0. The minimum absolute atomic E-state index is 0.605. The number of aromatic nitrogens is 2. The Morgan fingerprint density at radius 3 is 2.69 bits per heavy atom. The van der Waals surface area contributed by atoms with Crippen LogP contribution in [-0.2, 0) is 6.42 Å². The van der Waals surface area contributed by atoms with Crippen LogP contribution in [0.25, 0.3) is 0 Å². The Morgan fingerprint density at radius 2 is 1.90 bits per heavy atom. The number of piperidine rings is 1. The highest BCUT2D eigenvalue weighted by atomic mass is 16.5. The van der Waals surface area contributed by atoms with E-state index in [0.29, 0.717) is 6.04 Å². The van der Waals surface area contributed by atoms with E-state index in [1.807, 2.05) is 12.3 Å². The molecule has 156 valence electrons. The molecule has 0 radical (unpaired) electrons. The minimum Gasteiger partial charge on any atom is -0.495 e. The molecule has 1 aromatic heterocycles. The van der Waals surface area contributed by atoms with Gasteiger partial charge in [-0.25, -0.2) is 9.97 Å². The first-order valence-electron chi connectivity index (χ1n) is 11.0. The molecule has 0 amide bonds. The molecule has 0 bridgehead atoms. The third kappa shape index (κ3) is 4.47. The Kier molecular flexibility index (Phi) is 6.49. The van der Waals surface area contributed by atoms with Gasteiger partial charge in [0.15, 0.2) is 0 Å². The number of aryl methyl sites for hydroxylation is 1. The normalized spacial score (nSPS) is 20.7. The van der Waals surface area contributed by atoms with E-state index in [2.05, 4.69) is 49.8 Å². The lowest BCUT2D eigenvalue weighted by Crippen LogP contribution is -2.55. The van der Waals surface area contributed by atoms with Crippen LogP contribution in [0.3, 0.4) is 0 Å². The van der Waals surface area contributed by atoms with Crippen LogP contribution in [0.15, 0.2) is 36.8 Å². The highest BCUT2D eigenvalue weighted by molar-refractivity contribution is 5.58. The Balaban J connectivity index is 1.39. The van der Waals surface area contributed by atoms with Crippen LogP contribution >= 0.6 is 0 Å². The Morgan fingerprint density at radius 1 is 1.07 bits per heavy atom. The van der Waals surface area contributed by atoms with Crippen molar-refractivity contribution in [2.45, 2.75) is 38.6 Å². The first kappa shape index (κ1) is 20.0. The average molecular weight is 396 g/mol. The molecule has 0 N–H and O–H groups in total. The summed E-state index contributed by atoms with van der Waals surface area (Å²) in [6, 6.07) is 8.96. The lowest BCUT2D eigenvalue weighted by molar-refractivity contribution is 0.166. The third-order valence-electron chi connectivity index (χ3n) is 6.24. The number of nitrogens with zero attached hydrogens (tertiary/aromatic N) is 5. The van der Waals surface area contributed by atoms with Gasteiger partial charge in [0, 0.05) is 57.1 Å². The van der Waals surface area contributed by atoms with Gasteiger partial charge in [0.1, 0.15) is 17.9 Å². The fourth-order valence-corrected chi connectivity index (χ4v) is 4.75. The molecule has 0 saturated carbocycles. The SMILES string of the molecule is CCCc1cncnc1N1CCC[C@H](N2CCN(c3ccccc3OC)CC2)C1. The summed E-state index contributed by atoms with van der Waals surface area (Å²) in [4.78, 5) is 16.5. The van der Waals surface area contributed by atoms with Crippen molar-refractivity contribution in [1.29, 1.82) is 0 Å². The van der Waals surface area contributed by atoms with Crippen molar-refractivity contribution in [3.63, 3.8) is 0 Å². The molecular formula is C23H33N5O. The van der Waals surface area contributed by atoms with Gasteiger partial charge in [-0.3, -0.25) is 4.90 Å². The zero-order valence-corrected chi connectivity index (χ0v) is 17.8. The summed E-state index contributed by atoms with van der Waals surface area (Å²) in [5.41, 5.74) is 2.50. The number of benzene rings is 1. The zero-order chi connectivity index (χ0) is 20.1. The van der Waals surface area contributed by atoms with Gasteiger partial charge in [0.25, 0.3) is 0 Å². The molecule has 0 unspecified atom stereocenters. The number of methoxy groups -OCH3 is 1. The molecular weight excluding hydrogens is 362 g/mol. The van der Waals surface area contributed by atoms with Crippen LogP contribution in [0.4, 0.5) is 11.5 Å². The maximum Gasteiger partial charge on any atom is 0.142 e. The van der Waals surface area contributed by atoms with Gasteiger partial charge in [0.2, 0.25) is 0 Å². The number of ether oxygens (including phenoxy) is 1. The van der Waals surface area contributed by atoms with E-state index in [-0.39, 0.29) is 0 Å². The van der Waals surface area contributed by atoms with E-state index in [4.69, 9.17) is 4.74 Å². The average Bonchev–Trinajstić information content (AvgIpc) is 2.80. The molecule has 3 heterocycles. The van der Waals surface area contributed by atoms with Crippen LogP contribution in [0.2, 0.25) is 0 Å². The van der Waals surface area contributed by atoms with Gasteiger partial charge in [-0.1, -0.05) is 25.5 Å². The first-order chi connectivity index (χ1) is 14.3. The molecule has 2 aromatic rings. The Hall–Kier alpha value is -2.34. The van der Waals surface area contributed by atoms with E-state index < -0.39 is 0 Å². The molecule has 2 aliphatic heterocycles. The van der Waals surface area contributed by atoms with Crippen molar-refractivity contribution >= 4 is 11.5 Å². The van der Waals surface area contributed by atoms with Crippen molar-refractivity contribution in [1.82, 2.24) is 14.9 Å². The largest absolute Gasteiger partial charge is 0.495 e. The summed E-state index contributed by atoms with van der Waals surface area (Å²) in [6.07, 6.45) is 8.38. The van der Waals surface area contributed by atoms with Crippen LogP contribution < -0.4 is 14.5 Å². The molecule has 0 aliphatic carbocycles. The molecule has 2 fully saturated rings. The van der Waals surface area contributed by atoms with Crippen LogP contribution in [0, 0.1) is 0 Å². The van der Waals surface area contributed by atoms with E-state index in [1.165, 1.54) is 24.1 Å². The Bertz CT molecular complexity index is 790. The number of hydrogen-bond acceptors (Lipinski definition) is 6.